The minimum atomic E-state index is -0.340. The summed E-state index contributed by atoms with van der Waals surface area (Å²) in [6.07, 6.45) is 0. The van der Waals surface area contributed by atoms with Crippen molar-refractivity contribution in [3.05, 3.63) is 64.6 Å². The van der Waals surface area contributed by atoms with Crippen LogP contribution in [0.4, 0.5) is 0 Å². The van der Waals surface area contributed by atoms with Gasteiger partial charge < -0.3 is 14.8 Å². The fraction of sp³-hybridized carbons (Fsp3) is 0.318. The molecule has 0 spiro atoms. The van der Waals surface area contributed by atoms with Crippen LogP contribution in [0.5, 0.6) is 11.5 Å². The highest BCUT2D eigenvalue weighted by molar-refractivity contribution is 6.04. The molecule has 0 aliphatic rings. The second-order valence-corrected chi connectivity index (χ2v) is 7.06. The number of methoxy groups -OCH3 is 1. The van der Waals surface area contributed by atoms with E-state index in [0.29, 0.717) is 42.0 Å². The number of aromatic nitrogens is 2. The van der Waals surface area contributed by atoms with Gasteiger partial charge in [-0.05, 0) is 24.1 Å². The van der Waals surface area contributed by atoms with Crippen molar-refractivity contribution in [1.82, 2.24) is 15.1 Å². The molecular formula is C22H25N3O4. The van der Waals surface area contributed by atoms with E-state index in [9.17, 15) is 9.59 Å². The molecule has 2 aromatic carbocycles. The predicted octanol–water partition coefficient (Wildman–Crippen LogP) is 2.87. The molecule has 3 rings (SSSR count). The van der Waals surface area contributed by atoms with Crippen LogP contribution >= 0.6 is 0 Å². The Morgan fingerprint density at radius 3 is 2.55 bits per heavy atom. The lowest BCUT2D eigenvalue weighted by Gasteiger charge is -2.13. The van der Waals surface area contributed by atoms with Gasteiger partial charge in [-0.2, -0.15) is 5.10 Å². The minimum absolute atomic E-state index is 0.188. The summed E-state index contributed by atoms with van der Waals surface area (Å²) in [6.45, 7) is 5.04. The third-order valence-electron chi connectivity index (χ3n) is 4.32. The maximum Gasteiger partial charge on any atom is 0.274 e. The lowest BCUT2D eigenvalue weighted by Crippen LogP contribution is -2.33. The lowest BCUT2D eigenvalue weighted by molar-refractivity contribution is 0.0941. The summed E-state index contributed by atoms with van der Waals surface area (Å²) in [4.78, 5) is 25.4. The number of hydrogen-bond donors (Lipinski definition) is 1. The number of carbonyl (C=O) groups is 1. The first-order chi connectivity index (χ1) is 14.0. The highest BCUT2D eigenvalue weighted by Crippen LogP contribution is 2.18. The van der Waals surface area contributed by atoms with Gasteiger partial charge in [0, 0.05) is 18.0 Å². The van der Waals surface area contributed by atoms with Gasteiger partial charge in [-0.3, -0.25) is 9.59 Å². The number of amides is 1. The van der Waals surface area contributed by atoms with Gasteiger partial charge >= 0.3 is 0 Å². The zero-order valence-electron chi connectivity index (χ0n) is 16.8. The number of nitrogens with zero attached hydrogens (tertiary/aromatic N) is 2. The van der Waals surface area contributed by atoms with E-state index in [4.69, 9.17) is 9.47 Å². The van der Waals surface area contributed by atoms with Crippen molar-refractivity contribution in [1.29, 1.82) is 0 Å². The van der Waals surface area contributed by atoms with Crippen LogP contribution < -0.4 is 20.3 Å². The van der Waals surface area contributed by atoms with Gasteiger partial charge in [-0.25, -0.2) is 4.68 Å². The number of rotatable bonds is 8. The van der Waals surface area contributed by atoms with Crippen molar-refractivity contribution < 1.29 is 14.3 Å². The first-order valence-corrected chi connectivity index (χ1v) is 9.54. The number of nitrogens with one attached hydrogen (secondary N) is 1. The van der Waals surface area contributed by atoms with Gasteiger partial charge in [0.25, 0.3) is 11.5 Å². The Balaban J connectivity index is 1.73. The molecule has 0 bridgehead atoms. The van der Waals surface area contributed by atoms with E-state index in [0.717, 1.165) is 0 Å². The van der Waals surface area contributed by atoms with Crippen molar-refractivity contribution in [2.24, 2.45) is 5.92 Å². The Labute approximate surface area is 169 Å². The molecule has 0 atom stereocenters. The summed E-state index contributed by atoms with van der Waals surface area (Å²) >= 11 is 0. The van der Waals surface area contributed by atoms with Crippen LogP contribution in [0.3, 0.4) is 0 Å². The molecule has 29 heavy (non-hydrogen) atoms. The summed E-state index contributed by atoms with van der Waals surface area (Å²) in [5.74, 6) is 1.25. The lowest BCUT2D eigenvalue weighted by atomic mass is 10.1. The predicted molar refractivity (Wildman–Crippen MR) is 112 cm³/mol. The molecule has 3 aromatic rings. The molecule has 0 radical (unpaired) electrons. The van der Waals surface area contributed by atoms with Crippen LogP contribution in [0.25, 0.3) is 10.8 Å². The first-order valence-electron chi connectivity index (χ1n) is 9.54. The standard InChI is InChI=1S/C22H25N3O4/c1-15(2)14-25-22(27)19-10-5-4-9-18(19)20(24-25)21(26)23-11-12-29-17-8-6-7-16(13-17)28-3/h4-10,13,15H,11-12,14H2,1-3H3,(H,23,26). The minimum Gasteiger partial charge on any atom is -0.497 e. The molecule has 1 aromatic heterocycles. The Morgan fingerprint density at radius 2 is 1.83 bits per heavy atom. The highest BCUT2D eigenvalue weighted by atomic mass is 16.5. The van der Waals surface area contributed by atoms with Crippen molar-refractivity contribution >= 4 is 16.7 Å². The molecule has 1 heterocycles. The molecule has 0 aliphatic heterocycles. The van der Waals surface area contributed by atoms with Crippen LogP contribution in [0.15, 0.2) is 53.3 Å². The molecule has 0 saturated carbocycles. The molecule has 7 nitrogen and oxygen atoms in total. The van der Waals surface area contributed by atoms with E-state index in [1.807, 2.05) is 32.0 Å². The van der Waals surface area contributed by atoms with Crippen LogP contribution in [-0.2, 0) is 6.54 Å². The topological polar surface area (TPSA) is 82.4 Å². The summed E-state index contributed by atoms with van der Waals surface area (Å²) in [5.41, 5.74) is 0.0504. The average Bonchev–Trinajstić information content (AvgIpc) is 2.73. The second kappa shape index (κ2) is 9.23. The SMILES string of the molecule is COc1cccc(OCCNC(=O)c2nn(CC(C)C)c(=O)c3ccccc23)c1. The van der Waals surface area contributed by atoms with Crippen LogP contribution in [0, 0.1) is 5.92 Å². The number of ether oxygens (including phenoxy) is 2. The van der Waals surface area contributed by atoms with Crippen LogP contribution in [0.1, 0.15) is 24.3 Å². The molecule has 0 fully saturated rings. The molecule has 1 amide bonds. The largest absolute Gasteiger partial charge is 0.497 e. The third kappa shape index (κ3) is 4.93. The first kappa shape index (κ1) is 20.4. The normalized spacial score (nSPS) is 10.9. The zero-order valence-corrected chi connectivity index (χ0v) is 16.8. The third-order valence-corrected chi connectivity index (χ3v) is 4.32. The quantitative estimate of drug-likeness (QED) is 0.593. The zero-order chi connectivity index (χ0) is 20.8. The van der Waals surface area contributed by atoms with E-state index < -0.39 is 0 Å². The van der Waals surface area contributed by atoms with E-state index in [-0.39, 0.29) is 23.1 Å². The fourth-order valence-electron chi connectivity index (χ4n) is 2.98. The smallest absolute Gasteiger partial charge is 0.274 e. The maximum absolute atomic E-state index is 12.8. The summed E-state index contributed by atoms with van der Waals surface area (Å²) in [5, 5.41) is 8.18. The Kier molecular flexibility index (Phi) is 6.49. The van der Waals surface area contributed by atoms with Gasteiger partial charge in [0.2, 0.25) is 0 Å². The Morgan fingerprint density at radius 1 is 1.10 bits per heavy atom. The van der Waals surface area contributed by atoms with Gasteiger partial charge in [-0.15, -0.1) is 0 Å². The Hall–Kier alpha value is -3.35. The molecule has 1 N–H and O–H groups in total. The van der Waals surface area contributed by atoms with Crippen LogP contribution in [0.2, 0.25) is 0 Å². The van der Waals surface area contributed by atoms with Crippen molar-refractivity contribution in [3.8, 4) is 11.5 Å². The number of fused-ring (bicyclic) bond motifs is 1. The van der Waals surface area contributed by atoms with Crippen LogP contribution in [-0.4, -0.2) is 35.9 Å². The molecule has 0 saturated heterocycles. The van der Waals surface area contributed by atoms with E-state index in [2.05, 4.69) is 10.4 Å². The summed E-state index contributed by atoms with van der Waals surface area (Å²) in [6, 6.07) is 14.3. The maximum atomic E-state index is 12.8. The number of hydrogen-bond acceptors (Lipinski definition) is 5. The Bertz CT molecular complexity index is 1060. The molecule has 0 aliphatic carbocycles. The van der Waals surface area contributed by atoms with E-state index in [1.165, 1.54) is 4.68 Å². The summed E-state index contributed by atoms with van der Waals surface area (Å²) < 4.78 is 12.2. The van der Waals surface area contributed by atoms with Crippen molar-refractivity contribution in [2.75, 3.05) is 20.3 Å². The number of benzene rings is 2. The molecule has 7 heteroatoms. The molecule has 152 valence electrons. The fourth-order valence-corrected chi connectivity index (χ4v) is 2.98. The molecule has 0 unspecified atom stereocenters. The number of carbonyl (C=O) groups excluding carboxylic acids is 1. The van der Waals surface area contributed by atoms with Gasteiger partial charge in [-0.1, -0.05) is 38.1 Å². The van der Waals surface area contributed by atoms with Gasteiger partial charge in [0.1, 0.15) is 18.1 Å². The highest BCUT2D eigenvalue weighted by Gasteiger charge is 2.16. The molecular weight excluding hydrogens is 370 g/mol. The van der Waals surface area contributed by atoms with Crippen molar-refractivity contribution in [2.45, 2.75) is 20.4 Å². The van der Waals surface area contributed by atoms with Crippen molar-refractivity contribution in [3.63, 3.8) is 0 Å². The van der Waals surface area contributed by atoms with E-state index in [1.54, 1.807) is 37.4 Å². The monoisotopic (exact) mass is 395 g/mol. The van der Waals surface area contributed by atoms with E-state index >= 15 is 0 Å². The van der Waals surface area contributed by atoms with Gasteiger partial charge in [0.05, 0.1) is 19.0 Å². The second-order valence-electron chi connectivity index (χ2n) is 7.06. The summed E-state index contributed by atoms with van der Waals surface area (Å²) in [7, 11) is 1.59. The van der Waals surface area contributed by atoms with Gasteiger partial charge in [0.15, 0.2) is 5.69 Å². The average molecular weight is 395 g/mol.